The maximum atomic E-state index is 13.2. The average molecular weight is 480 g/mol. The molecule has 168 valence electrons. The predicted molar refractivity (Wildman–Crippen MR) is 115 cm³/mol. The number of thiazole rings is 1. The number of nitrogens with zero attached hydrogens (tertiary/aromatic N) is 3. The van der Waals surface area contributed by atoms with Crippen molar-refractivity contribution in [2.75, 3.05) is 19.0 Å². The van der Waals surface area contributed by atoms with Gasteiger partial charge >= 0.3 is 0 Å². The minimum absolute atomic E-state index is 0.101. The van der Waals surface area contributed by atoms with Gasteiger partial charge in [0, 0.05) is 12.6 Å². The third-order valence-corrected chi connectivity index (χ3v) is 7.87. The number of aromatic nitrogens is 1. The van der Waals surface area contributed by atoms with Crippen molar-refractivity contribution in [3.05, 3.63) is 52.3 Å². The number of hydrogen-bond donors (Lipinski definition) is 1. The summed E-state index contributed by atoms with van der Waals surface area (Å²) in [4.78, 5) is 27.7. The Bertz CT molecular complexity index is 1310. The minimum Gasteiger partial charge on any atom is -0.494 e. The molecule has 0 aliphatic carbocycles. The summed E-state index contributed by atoms with van der Waals surface area (Å²) < 4.78 is 45.8. The summed E-state index contributed by atoms with van der Waals surface area (Å²) in [7, 11) is -2.64. The van der Waals surface area contributed by atoms with E-state index in [-0.39, 0.29) is 28.0 Å². The quantitative estimate of drug-likeness (QED) is 0.423. The van der Waals surface area contributed by atoms with Gasteiger partial charge in [0.1, 0.15) is 17.4 Å². The first-order chi connectivity index (χ1) is 15.2. The number of benzene rings is 2. The van der Waals surface area contributed by atoms with Crippen LogP contribution in [0.25, 0.3) is 10.2 Å². The van der Waals surface area contributed by atoms with E-state index < -0.39 is 32.7 Å². The van der Waals surface area contributed by atoms with E-state index in [9.17, 15) is 27.7 Å². The smallest absolute Gasteiger partial charge is 0.274 e. The number of halogens is 1. The SMILES string of the molecule is COc1cc([N+](=O)[O-])cc2sc(NC(=O)C3CCCN3S(=O)(=O)c3ccc(F)cc3)nc12. The standard InChI is InChI=1S/C19H17FN4O6S2/c1-30-15-9-12(24(26)27)10-16-17(15)21-19(31-16)22-18(25)14-3-2-8-23(14)32(28,29)13-6-4-11(20)5-7-13/h4-7,9-10,14H,2-3,8H2,1H3,(H,21,22,25). The van der Waals surface area contributed by atoms with Crippen molar-refractivity contribution in [2.24, 2.45) is 0 Å². The molecule has 1 aromatic heterocycles. The second kappa shape index (κ2) is 8.41. The van der Waals surface area contributed by atoms with Crippen LogP contribution in [-0.4, -0.2) is 48.2 Å². The van der Waals surface area contributed by atoms with Gasteiger partial charge in [-0.2, -0.15) is 4.31 Å². The molecule has 10 nitrogen and oxygen atoms in total. The number of fused-ring (bicyclic) bond motifs is 1. The van der Waals surface area contributed by atoms with E-state index in [1.165, 1.54) is 19.2 Å². The molecule has 0 radical (unpaired) electrons. The van der Waals surface area contributed by atoms with Gasteiger partial charge < -0.3 is 10.1 Å². The van der Waals surface area contributed by atoms with Gasteiger partial charge in [0.15, 0.2) is 10.9 Å². The van der Waals surface area contributed by atoms with Crippen LogP contribution in [0.4, 0.5) is 15.2 Å². The summed E-state index contributed by atoms with van der Waals surface area (Å²) in [6, 6.07) is 6.01. The number of amides is 1. The van der Waals surface area contributed by atoms with Crippen molar-refractivity contribution < 1.29 is 27.3 Å². The van der Waals surface area contributed by atoms with Gasteiger partial charge in [-0.25, -0.2) is 17.8 Å². The second-order valence-corrected chi connectivity index (χ2v) is 9.91. The van der Waals surface area contributed by atoms with Crippen LogP contribution in [0.3, 0.4) is 0 Å². The molecule has 3 aromatic rings. The molecule has 0 bridgehead atoms. The summed E-state index contributed by atoms with van der Waals surface area (Å²) >= 11 is 1.02. The number of nitro benzene ring substituents is 1. The first kappa shape index (κ1) is 22.0. The molecular formula is C19H17FN4O6S2. The lowest BCUT2D eigenvalue weighted by atomic mass is 10.2. The van der Waals surface area contributed by atoms with Gasteiger partial charge in [-0.1, -0.05) is 11.3 Å². The molecule has 1 atom stereocenters. The summed E-state index contributed by atoms with van der Waals surface area (Å²) in [6.07, 6.45) is 0.796. The number of nitrogens with one attached hydrogen (secondary N) is 1. The number of carbonyl (C=O) groups is 1. The molecule has 1 amide bonds. The number of ether oxygens (including phenoxy) is 1. The van der Waals surface area contributed by atoms with Crippen molar-refractivity contribution in [3.63, 3.8) is 0 Å². The topological polar surface area (TPSA) is 132 Å². The van der Waals surface area contributed by atoms with E-state index in [0.717, 1.165) is 39.9 Å². The molecule has 1 fully saturated rings. The van der Waals surface area contributed by atoms with Crippen molar-refractivity contribution in [1.82, 2.24) is 9.29 Å². The fraction of sp³-hybridized carbons (Fsp3) is 0.263. The predicted octanol–water partition coefficient (Wildman–Crippen LogP) is 3.14. The van der Waals surface area contributed by atoms with Gasteiger partial charge in [-0.15, -0.1) is 0 Å². The van der Waals surface area contributed by atoms with Crippen molar-refractivity contribution in [3.8, 4) is 5.75 Å². The molecule has 13 heteroatoms. The highest BCUT2D eigenvalue weighted by Gasteiger charge is 2.39. The van der Waals surface area contributed by atoms with Gasteiger partial charge in [-0.05, 0) is 37.1 Å². The Morgan fingerprint density at radius 3 is 2.72 bits per heavy atom. The van der Waals surface area contributed by atoms with Crippen molar-refractivity contribution >= 4 is 48.3 Å². The molecule has 1 saturated heterocycles. The highest BCUT2D eigenvalue weighted by atomic mass is 32.2. The fourth-order valence-electron chi connectivity index (χ4n) is 3.52. The average Bonchev–Trinajstić information content (AvgIpc) is 3.40. The van der Waals surface area contributed by atoms with Gasteiger partial charge in [0.2, 0.25) is 15.9 Å². The van der Waals surface area contributed by atoms with Crippen LogP contribution in [0.15, 0.2) is 41.3 Å². The number of nitro groups is 1. The first-order valence-corrected chi connectivity index (χ1v) is 11.7. The Balaban J connectivity index is 1.60. The normalized spacial score (nSPS) is 16.9. The highest BCUT2D eigenvalue weighted by molar-refractivity contribution is 7.89. The summed E-state index contributed by atoms with van der Waals surface area (Å²) in [5.41, 5.74) is 0.170. The Morgan fingerprint density at radius 2 is 2.06 bits per heavy atom. The number of carbonyl (C=O) groups excluding carboxylic acids is 1. The molecule has 32 heavy (non-hydrogen) atoms. The lowest BCUT2D eigenvalue weighted by Crippen LogP contribution is -2.43. The Hall–Kier alpha value is -3.16. The number of anilines is 1. The van der Waals surface area contributed by atoms with E-state index >= 15 is 0 Å². The van der Waals surface area contributed by atoms with Gasteiger partial charge in [0.25, 0.3) is 5.69 Å². The van der Waals surface area contributed by atoms with Crippen LogP contribution in [-0.2, 0) is 14.8 Å². The number of rotatable bonds is 6. The summed E-state index contributed by atoms with van der Waals surface area (Å²) in [5, 5.41) is 13.9. The third-order valence-electron chi connectivity index (χ3n) is 5.03. The number of hydrogen-bond acceptors (Lipinski definition) is 8. The Labute approximate surface area is 185 Å². The van der Waals surface area contributed by atoms with E-state index in [2.05, 4.69) is 10.3 Å². The monoisotopic (exact) mass is 480 g/mol. The van der Waals surface area contributed by atoms with Crippen LogP contribution in [0.2, 0.25) is 0 Å². The lowest BCUT2D eigenvalue weighted by Gasteiger charge is -2.23. The highest BCUT2D eigenvalue weighted by Crippen LogP contribution is 2.36. The molecule has 4 rings (SSSR count). The number of methoxy groups -OCH3 is 1. The zero-order chi connectivity index (χ0) is 23.0. The minimum atomic E-state index is -4.00. The molecule has 1 N–H and O–H groups in total. The van der Waals surface area contributed by atoms with Crippen LogP contribution in [0, 0.1) is 15.9 Å². The molecular weight excluding hydrogens is 463 g/mol. The fourth-order valence-corrected chi connectivity index (χ4v) is 6.10. The van der Waals surface area contributed by atoms with Crippen LogP contribution < -0.4 is 10.1 Å². The molecule has 1 aliphatic rings. The van der Waals surface area contributed by atoms with Crippen LogP contribution in [0.5, 0.6) is 5.75 Å². The van der Waals surface area contributed by atoms with Gasteiger partial charge in [-0.3, -0.25) is 14.9 Å². The van der Waals surface area contributed by atoms with Crippen molar-refractivity contribution in [2.45, 2.75) is 23.8 Å². The lowest BCUT2D eigenvalue weighted by molar-refractivity contribution is -0.384. The Morgan fingerprint density at radius 1 is 1.34 bits per heavy atom. The molecule has 0 saturated carbocycles. The van der Waals surface area contributed by atoms with E-state index in [4.69, 9.17) is 4.74 Å². The van der Waals surface area contributed by atoms with Crippen LogP contribution >= 0.6 is 11.3 Å². The zero-order valence-corrected chi connectivity index (χ0v) is 18.3. The third kappa shape index (κ3) is 4.01. The van der Waals surface area contributed by atoms with E-state index in [1.807, 2.05) is 0 Å². The molecule has 2 heterocycles. The number of non-ortho nitro benzene ring substituents is 1. The molecule has 1 unspecified atom stereocenters. The largest absolute Gasteiger partial charge is 0.494 e. The second-order valence-electron chi connectivity index (χ2n) is 6.99. The molecule has 0 spiro atoms. The van der Waals surface area contributed by atoms with Gasteiger partial charge in [0.05, 0.1) is 27.7 Å². The van der Waals surface area contributed by atoms with E-state index in [1.54, 1.807) is 0 Å². The molecule has 1 aliphatic heterocycles. The van der Waals surface area contributed by atoms with Crippen LogP contribution in [0.1, 0.15) is 12.8 Å². The maximum Gasteiger partial charge on any atom is 0.274 e. The van der Waals surface area contributed by atoms with E-state index in [0.29, 0.717) is 23.1 Å². The first-order valence-electron chi connectivity index (χ1n) is 9.42. The maximum absolute atomic E-state index is 13.2. The zero-order valence-electron chi connectivity index (χ0n) is 16.6. The Kier molecular flexibility index (Phi) is 5.79. The van der Waals surface area contributed by atoms with Crippen molar-refractivity contribution in [1.29, 1.82) is 0 Å². The molecule has 2 aromatic carbocycles. The summed E-state index contributed by atoms with van der Waals surface area (Å²) in [5.74, 6) is -0.945. The number of sulfonamides is 1. The summed E-state index contributed by atoms with van der Waals surface area (Å²) in [6.45, 7) is 0.150.